The van der Waals surface area contributed by atoms with Crippen molar-refractivity contribution in [1.29, 1.82) is 0 Å². The molecule has 0 saturated carbocycles. The summed E-state index contributed by atoms with van der Waals surface area (Å²) in [5.74, 6) is 0. The molecule has 0 unspecified atom stereocenters. The van der Waals surface area contributed by atoms with Crippen LogP contribution in [0.1, 0.15) is 187 Å². The molecule has 193 valence electrons. The zero-order valence-electron chi connectivity index (χ0n) is 22.8. The van der Waals surface area contributed by atoms with E-state index in [4.69, 9.17) is 4.74 Å². The molecule has 0 bridgehead atoms. The fraction of sp³-hybridized carbons (Fsp3) is 0.968. The largest absolute Gasteiger partial charge is 0.376 e. The van der Waals surface area contributed by atoms with Gasteiger partial charge in [0.1, 0.15) is 0 Å². The maximum Gasteiger partial charge on any atom is 0.0836 e. The first-order valence-corrected chi connectivity index (χ1v) is 15.3. The summed E-state index contributed by atoms with van der Waals surface area (Å²) in [6, 6.07) is 0. The third-order valence-electron chi connectivity index (χ3n) is 6.91. The van der Waals surface area contributed by atoms with Crippen molar-refractivity contribution in [2.24, 2.45) is 0 Å². The van der Waals surface area contributed by atoms with E-state index in [2.05, 4.69) is 13.8 Å². The highest BCUT2D eigenvalue weighted by Crippen LogP contribution is 2.16. The molecule has 1 radical (unpaired) electrons. The Balaban J connectivity index is 2.98. The first kappa shape index (κ1) is 32.0. The number of hydrogen-bond donors (Lipinski definition) is 0. The molecule has 32 heavy (non-hydrogen) atoms. The lowest BCUT2D eigenvalue weighted by Gasteiger charge is -2.04. The van der Waals surface area contributed by atoms with Crippen molar-refractivity contribution in [3.8, 4) is 0 Å². The Hall–Kier alpha value is -0.0400. The summed E-state index contributed by atoms with van der Waals surface area (Å²) >= 11 is 0. The fourth-order valence-corrected chi connectivity index (χ4v) is 4.58. The van der Waals surface area contributed by atoms with Crippen LogP contribution in [-0.2, 0) is 4.74 Å². The predicted octanol–water partition coefficient (Wildman–Crippen LogP) is 11.7. The smallest absolute Gasteiger partial charge is 0.0836 e. The third kappa shape index (κ3) is 30.0. The average molecular weight is 452 g/mol. The molecule has 0 rings (SSSR count). The van der Waals surface area contributed by atoms with Crippen LogP contribution in [0, 0.1) is 6.61 Å². The highest BCUT2D eigenvalue weighted by atomic mass is 16.5. The Morgan fingerprint density at radius 1 is 0.344 bits per heavy atom. The van der Waals surface area contributed by atoms with Crippen molar-refractivity contribution in [3.05, 3.63) is 6.61 Å². The predicted molar refractivity (Wildman–Crippen MR) is 146 cm³/mol. The molecule has 1 nitrogen and oxygen atoms in total. The highest BCUT2D eigenvalue weighted by molar-refractivity contribution is 4.54. The Morgan fingerprint density at radius 3 is 0.938 bits per heavy atom. The molecule has 0 aliphatic rings. The van der Waals surface area contributed by atoms with Crippen LogP contribution in [0.2, 0.25) is 0 Å². The van der Waals surface area contributed by atoms with Gasteiger partial charge in [0.15, 0.2) is 0 Å². The minimum atomic E-state index is 0.913. The van der Waals surface area contributed by atoms with E-state index in [1.165, 1.54) is 167 Å². The summed E-state index contributed by atoms with van der Waals surface area (Å²) in [6.07, 6.45) is 38.5. The van der Waals surface area contributed by atoms with E-state index in [0.29, 0.717) is 0 Å². The molecule has 0 saturated heterocycles. The van der Waals surface area contributed by atoms with Crippen molar-refractivity contribution in [3.63, 3.8) is 0 Å². The van der Waals surface area contributed by atoms with Gasteiger partial charge in [0.05, 0.1) is 6.61 Å². The maximum atomic E-state index is 5.50. The zero-order valence-corrected chi connectivity index (χ0v) is 22.8. The molecule has 0 aromatic carbocycles. The van der Waals surface area contributed by atoms with Gasteiger partial charge in [0.25, 0.3) is 0 Å². The third-order valence-corrected chi connectivity index (χ3v) is 6.91. The Bertz CT molecular complexity index is 271. The summed E-state index contributed by atoms with van der Waals surface area (Å²) in [7, 11) is 0. The average Bonchev–Trinajstić information content (AvgIpc) is 2.81. The van der Waals surface area contributed by atoms with E-state index >= 15 is 0 Å². The standard InChI is InChI=1S/C31H63O/c1-3-5-7-8-9-10-11-12-13-14-15-16-17-18-19-20-21-22-23-24-25-26-27-28-29-31-32-30-6-4-2/h31H,3-30H2,1-2H3. The summed E-state index contributed by atoms with van der Waals surface area (Å²) < 4.78 is 5.50. The van der Waals surface area contributed by atoms with Gasteiger partial charge < -0.3 is 4.74 Å². The molecule has 0 heterocycles. The zero-order chi connectivity index (χ0) is 23.2. The van der Waals surface area contributed by atoms with Gasteiger partial charge in [0.2, 0.25) is 0 Å². The summed E-state index contributed by atoms with van der Waals surface area (Å²) in [4.78, 5) is 0. The Kier molecular flexibility index (Phi) is 30.9. The van der Waals surface area contributed by atoms with Crippen LogP contribution in [0.4, 0.5) is 0 Å². The van der Waals surface area contributed by atoms with Crippen molar-refractivity contribution in [1.82, 2.24) is 0 Å². The van der Waals surface area contributed by atoms with Crippen molar-refractivity contribution >= 4 is 0 Å². The number of unbranched alkanes of at least 4 members (excludes halogenated alkanes) is 25. The lowest BCUT2D eigenvalue weighted by Crippen LogP contribution is -1.91. The second-order valence-electron chi connectivity index (χ2n) is 10.3. The summed E-state index contributed by atoms with van der Waals surface area (Å²) in [5.41, 5.74) is 0. The van der Waals surface area contributed by atoms with Crippen LogP contribution in [-0.4, -0.2) is 6.61 Å². The molecule has 0 aromatic heterocycles. The van der Waals surface area contributed by atoms with Gasteiger partial charge in [-0.15, -0.1) is 0 Å². The minimum absolute atomic E-state index is 0.913. The summed E-state index contributed by atoms with van der Waals surface area (Å²) in [6.45, 7) is 7.46. The number of rotatable bonds is 29. The Labute approximate surface area is 205 Å². The van der Waals surface area contributed by atoms with E-state index in [1.54, 1.807) is 0 Å². The van der Waals surface area contributed by atoms with Crippen LogP contribution >= 0.6 is 0 Å². The summed E-state index contributed by atoms with van der Waals surface area (Å²) in [5, 5.41) is 0. The molecule has 0 atom stereocenters. The van der Waals surface area contributed by atoms with Gasteiger partial charge in [-0.3, -0.25) is 0 Å². The van der Waals surface area contributed by atoms with E-state index in [1.807, 2.05) is 6.61 Å². The molecule has 0 amide bonds. The minimum Gasteiger partial charge on any atom is -0.376 e. The molecule has 0 spiro atoms. The second-order valence-corrected chi connectivity index (χ2v) is 10.3. The normalized spacial score (nSPS) is 11.4. The van der Waals surface area contributed by atoms with Crippen LogP contribution in [0.3, 0.4) is 0 Å². The number of hydrogen-bond acceptors (Lipinski definition) is 1. The first-order valence-electron chi connectivity index (χ1n) is 15.3. The molecular weight excluding hydrogens is 388 g/mol. The monoisotopic (exact) mass is 451 g/mol. The van der Waals surface area contributed by atoms with Crippen molar-refractivity contribution in [2.75, 3.05) is 6.61 Å². The highest BCUT2D eigenvalue weighted by Gasteiger charge is 1.96. The second kappa shape index (κ2) is 31.0. The van der Waals surface area contributed by atoms with Gasteiger partial charge in [-0.05, 0) is 12.8 Å². The van der Waals surface area contributed by atoms with Gasteiger partial charge in [-0.2, -0.15) is 0 Å². The van der Waals surface area contributed by atoms with Crippen molar-refractivity contribution < 1.29 is 4.74 Å². The molecule has 0 aliphatic carbocycles. The lowest BCUT2D eigenvalue weighted by atomic mass is 10.0. The quantitative estimate of drug-likeness (QED) is 0.103. The van der Waals surface area contributed by atoms with E-state index in [0.717, 1.165) is 13.0 Å². The molecule has 1 heteroatoms. The molecule has 0 N–H and O–H groups in total. The van der Waals surface area contributed by atoms with Crippen LogP contribution in [0.25, 0.3) is 0 Å². The van der Waals surface area contributed by atoms with E-state index < -0.39 is 0 Å². The van der Waals surface area contributed by atoms with Crippen LogP contribution < -0.4 is 0 Å². The Morgan fingerprint density at radius 2 is 0.625 bits per heavy atom. The van der Waals surface area contributed by atoms with Gasteiger partial charge in [-0.1, -0.05) is 174 Å². The SMILES string of the molecule is CCCCCCCCCCCCCCCCCCCCCCCCCC[CH]OCCCC. The fourth-order valence-electron chi connectivity index (χ4n) is 4.58. The molecule has 0 fully saturated rings. The van der Waals surface area contributed by atoms with Gasteiger partial charge >= 0.3 is 0 Å². The molecule has 0 aromatic rings. The molecule has 0 aliphatic heterocycles. The topological polar surface area (TPSA) is 9.23 Å². The lowest BCUT2D eigenvalue weighted by molar-refractivity contribution is 0.185. The van der Waals surface area contributed by atoms with Crippen LogP contribution in [0.15, 0.2) is 0 Å². The number of ether oxygens (including phenoxy) is 1. The van der Waals surface area contributed by atoms with Crippen LogP contribution in [0.5, 0.6) is 0 Å². The molecular formula is C31H63O. The van der Waals surface area contributed by atoms with Crippen molar-refractivity contribution in [2.45, 2.75) is 187 Å². The van der Waals surface area contributed by atoms with E-state index in [-0.39, 0.29) is 0 Å². The van der Waals surface area contributed by atoms with Gasteiger partial charge in [0, 0.05) is 6.61 Å². The van der Waals surface area contributed by atoms with Gasteiger partial charge in [-0.25, -0.2) is 0 Å². The van der Waals surface area contributed by atoms with E-state index in [9.17, 15) is 0 Å². The first-order chi connectivity index (χ1) is 15.9. The maximum absolute atomic E-state index is 5.50.